The number of rotatable bonds is 7. The summed E-state index contributed by atoms with van der Waals surface area (Å²) in [5, 5.41) is 34.7. The first-order chi connectivity index (χ1) is 33.6. The summed E-state index contributed by atoms with van der Waals surface area (Å²) in [6.45, 7) is 0. The van der Waals surface area contributed by atoms with Crippen LogP contribution in [0, 0.1) is 34.0 Å². The van der Waals surface area contributed by atoms with Gasteiger partial charge in [-0.25, -0.2) is 9.97 Å². The van der Waals surface area contributed by atoms with Crippen molar-refractivity contribution in [2.45, 2.75) is 0 Å². The number of hydrogen-bond acceptors (Lipinski definition) is 5. The average molecular weight is 866 g/mol. The second-order valence-corrected chi connectivity index (χ2v) is 16.7. The molecule has 7 heteroatoms. The molecule has 0 aliphatic carbocycles. The minimum absolute atomic E-state index is 0.466. The van der Waals surface area contributed by atoms with Crippen molar-refractivity contribution in [3.05, 3.63) is 229 Å². The molecule has 0 saturated carbocycles. The SMILES string of the molecule is N#Cc1cccc(-c2ccc3c(c2)c2ccccc2n3-c2cc(C#N)cc(-n3c4ccccc4c4cc(-c5cccc(C#N)c5)ccc43)c2-c2nc(-c3ccccc3)cc(-c3ccccc3)n2)c1. The molecule has 0 fully saturated rings. The van der Waals surface area contributed by atoms with Crippen molar-refractivity contribution in [1.29, 1.82) is 15.8 Å². The Morgan fingerprint density at radius 1 is 0.309 bits per heavy atom. The van der Waals surface area contributed by atoms with Crippen LogP contribution in [0.1, 0.15) is 16.7 Å². The van der Waals surface area contributed by atoms with Crippen LogP contribution in [-0.4, -0.2) is 19.1 Å². The maximum atomic E-state index is 11.0. The predicted octanol–water partition coefficient (Wildman–Crippen LogP) is 14.6. The van der Waals surface area contributed by atoms with E-state index in [0.717, 1.165) is 105 Å². The highest BCUT2D eigenvalue weighted by Gasteiger charge is 2.26. The van der Waals surface area contributed by atoms with Gasteiger partial charge in [0.05, 0.1) is 85.3 Å². The molecule has 0 unspecified atom stereocenters. The van der Waals surface area contributed by atoms with Gasteiger partial charge in [0.15, 0.2) is 5.82 Å². The molecule has 9 aromatic carbocycles. The van der Waals surface area contributed by atoms with Gasteiger partial charge in [-0.3, -0.25) is 0 Å². The van der Waals surface area contributed by atoms with E-state index in [1.807, 2.05) is 115 Å². The van der Waals surface area contributed by atoms with E-state index in [1.54, 1.807) is 0 Å². The normalized spacial score (nSPS) is 11.2. The smallest absolute Gasteiger partial charge is 0.164 e. The lowest BCUT2D eigenvalue weighted by molar-refractivity contribution is 1.10. The Labute approximate surface area is 391 Å². The van der Waals surface area contributed by atoms with Gasteiger partial charge in [0.1, 0.15) is 0 Å². The second kappa shape index (κ2) is 16.3. The Kier molecular flexibility index (Phi) is 9.51. The van der Waals surface area contributed by atoms with Gasteiger partial charge in [-0.2, -0.15) is 15.8 Å². The number of hydrogen-bond donors (Lipinski definition) is 0. The van der Waals surface area contributed by atoms with Crippen molar-refractivity contribution < 1.29 is 0 Å². The van der Waals surface area contributed by atoms with Crippen LogP contribution in [0.4, 0.5) is 0 Å². The minimum atomic E-state index is 0.466. The van der Waals surface area contributed by atoms with Crippen LogP contribution in [0.5, 0.6) is 0 Å². The number of nitrogens with zero attached hydrogens (tertiary/aromatic N) is 7. The molecule has 12 aromatic rings. The van der Waals surface area contributed by atoms with Crippen LogP contribution >= 0.6 is 0 Å². The number of benzene rings is 9. The molecule has 0 radical (unpaired) electrons. The molecule has 7 nitrogen and oxygen atoms in total. The lowest BCUT2D eigenvalue weighted by Gasteiger charge is -2.21. The lowest BCUT2D eigenvalue weighted by atomic mass is 10.0. The zero-order chi connectivity index (χ0) is 45.7. The van der Waals surface area contributed by atoms with Crippen LogP contribution in [0.15, 0.2) is 212 Å². The highest BCUT2D eigenvalue weighted by molar-refractivity contribution is 6.13. The molecule has 0 atom stereocenters. The summed E-state index contributed by atoms with van der Waals surface area (Å²) in [5.41, 5.74) is 14.9. The molecule has 0 saturated heterocycles. The van der Waals surface area contributed by atoms with Gasteiger partial charge >= 0.3 is 0 Å². The Morgan fingerprint density at radius 3 is 1.16 bits per heavy atom. The fourth-order valence-corrected chi connectivity index (χ4v) is 9.69. The van der Waals surface area contributed by atoms with Gasteiger partial charge in [0.2, 0.25) is 0 Å². The first-order valence-electron chi connectivity index (χ1n) is 22.2. The van der Waals surface area contributed by atoms with Gasteiger partial charge < -0.3 is 9.13 Å². The molecule has 0 bridgehead atoms. The van der Waals surface area contributed by atoms with Crippen LogP contribution in [0.2, 0.25) is 0 Å². The summed E-state index contributed by atoms with van der Waals surface area (Å²) in [6.07, 6.45) is 0. The van der Waals surface area contributed by atoms with E-state index in [4.69, 9.17) is 9.97 Å². The van der Waals surface area contributed by atoms with E-state index < -0.39 is 0 Å². The molecular weight excluding hydrogens is 831 g/mol. The van der Waals surface area contributed by atoms with Gasteiger partial charge in [0.25, 0.3) is 0 Å². The molecule has 0 aliphatic heterocycles. The molecule has 3 heterocycles. The summed E-state index contributed by atoms with van der Waals surface area (Å²) in [4.78, 5) is 11.0. The lowest BCUT2D eigenvalue weighted by Crippen LogP contribution is -2.07. The van der Waals surface area contributed by atoms with Crippen molar-refractivity contribution >= 4 is 43.6 Å². The van der Waals surface area contributed by atoms with Crippen molar-refractivity contribution in [2.24, 2.45) is 0 Å². The summed E-state index contributed by atoms with van der Waals surface area (Å²) >= 11 is 0. The predicted molar refractivity (Wildman–Crippen MR) is 272 cm³/mol. The number of para-hydroxylation sites is 2. The van der Waals surface area contributed by atoms with Crippen molar-refractivity contribution in [3.8, 4) is 85.7 Å². The van der Waals surface area contributed by atoms with Gasteiger partial charge in [0, 0.05) is 32.7 Å². The third kappa shape index (κ3) is 6.65. The van der Waals surface area contributed by atoms with Crippen molar-refractivity contribution in [2.75, 3.05) is 0 Å². The largest absolute Gasteiger partial charge is 0.308 e. The topological polar surface area (TPSA) is 107 Å². The summed E-state index contributed by atoms with van der Waals surface area (Å²) in [6, 6.07) is 78.3. The van der Waals surface area contributed by atoms with Crippen LogP contribution in [-0.2, 0) is 0 Å². The maximum Gasteiger partial charge on any atom is 0.164 e. The van der Waals surface area contributed by atoms with Gasteiger partial charge in [-0.05, 0) is 101 Å². The zero-order valence-corrected chi connectivity index (χ0v) is 36.3. The maximum absolute atomic E-state index is 11.0. The number of aromatic nitrogens is 4. The molecule has 0 amide bonds. The van der Waals surface area contributed by atoms with Gasteiger partial charge in [-0.15, -0.1) is 0 Å². The highest BCUT2D eigenvalue weighted by Crippen LogP contribution is 2.44. The Bertz CT molecular complexity index is 3870. The molecule has 314 valence electrons. The quantitative estimate of drug-likeness (QED) is 0.159. The third-order valence-electron chi connectivity index (χ3n) is 12.8. The van der Waals surface area contributed by atoms with E-state index in [1.165, 1.54) is 0 Å². The minimum Gasteiger partial charge on any atom is -0.308 e. The molecule has 68 heavy (non-hydrogen) atoms. The Morgan fingerprint density at radius 2 is 0.706 bits per heavy atom. The monoisotopic (exact) mass is 865 g/mol. The average Bonchev–Trinajstić information content (AvgIpc) is 3.93. The van der Waals surface area contributed by atoms with E-state index in [-0.39, 0.29) is 0 Å². The first kappa shape index (κ1) is 39.7. The van der Waals surface area contributed by atoms with Crippen molar-refractivity contribution in [1.82, 2.24) is 19.1 Å². The summed E-state index contributed by atoms with van der Waals surface area (Å²) in [5.74, 6) is 0.492. The van der Waals surface area contributed by atoms with Gasteiger partial charge in [-0.1, -0.05) is 133 Å². The molecule has 0 spiro atoms. The Hall–Kier alpha value is -9.87. The molecule has 3 aromatic heterocycles. The van der Waals surface area contributed by atoms with Crippen LogP contribution in [0.3, 0.4) is 0 Å². The standard InChI is InChI=1S/C61H35N7/c62-36-39-13-11-19-44(29-39)46-25-27-56-50(33-46)48-21-7-9-23-54(48)67(56)58-31-41(38-64)32-59(60(58)61-65-52(42-15-3-1-4-16-42)35-53(66-61)43-17-5-2-6-18-43)68-55-24-10-8-22-49(55)51-34-47(26-28-57(51)68)45-20-12-14-40(30-45)37-63/h1-35H. The van der Waals surface area contributed by atoms with Crippen molar-refractivity contribution in [3.63, 3.8) is 0 Å². The summed E-state index contributed by atoms with van der Waals surface area (Å²) < 4.78 is 4.49. The highest BCUT2D eigenvalue weighted by atomic mass is 15.0. The summed E-state index contributed by atoms with van der Waals surface area (Å²) in [7, 11) is 0. The molecule has 0 aliphatic rings. The van der Waals surface area contributed by atoms with E-state index in [0.29, 0.717) is 22.5 Å². The number of fused-ring (bicyclic) bond motifs is 6. The fraction of sp³-hybridized carbons (Fsp3) is 0. The Balaban J connectivity index is 1.22. The van der Waals surface area contributed by atoms with Crippen LogP contribution in [0.25, 0.3) is 111 Å². The third-order valence-corrected chi connectivity index (χ3v) is 12.8. The fourth-order valence-electron chi connectivity index (χ4n) is 9.69. The first-order valence-corrected chi connectivity index (χ1v) is 22.2. The number of nitriles is 3. The molecular formula is C61H35N7. The van der Waals surface area contributed by atoms with Crippen LogP contribution < -0.4 is 0 Å². The van der Waals surface area contributed by atoms with E-state index in [9.17, 15) is 15.8 Å². The molecule has 12 rings (SSSR count). The van der Waals surface area contributed by atoms with E-state index in [2.05, 4.69) is 124 Å². The zero-order valence-electron chi connectivity index (χ0n) is 36.3. The van der Waals surface area contributed by atoms with E-state index >= 15 is 0 Å². The molecule has 0 N–H and O–H groups in total. The second-order valence-electron chi connectivity index (χ2n) is 16.7.